The van der Waals surface area contributed by atoms with E-state index in [0.29, 0.717) is 0 Å². The number of hydrogen-bond donors (Lipinski definition) is 4. The van der Waals surface area contributed by atoms with Crippen LogP contribution in [0.4, 0.5) is 5.82 Å². The number of fused-ring (bicyclic) bond motifs is 1. The zero-order valence-corrected chi connectivity index (χ0v) is 16.6. The van der Waals surface area contributed by atoms with Gasteiger partial charge in [-0.2, -0.15) is 8.42 Å². The first-order chi connectivity index (χ1) is 14.8. The fourth-order valence-corrected chi connectivity index (χ4v) is 3.82. The van der Waals surface area contributed by atoms with Gasteiger partial charge in [-0.15, -0.1) is 0 Å². The highest BCUT2D eigenvalue weighted by atomic mass is 32.2. The molecule has 31 heavy (non-hydrogen) atoms. The maximum atomic E-state index is 12.1. The van der Waals surface area contributed by atoms with Crippen molar-refractivity contribution in [2.45, 2.75) is 24.5 Å². The van der Waals surface area contributed by atoms with E-state index in [1.54, 1.807) is 22.9 Å². The fraction of sp³-hybridized carbons (Fsp3) is 0.294. The smallest absolute Gasteiger partial charge is 0.362 e. The van der Waals surface area contributed by atoms with Gasteiger partial charge in [-0.05, 0) is 12.1 Å². The van der Waals surface area contributed by atoms with Crippen LogP contribution in [-0.4, -0.2) is 69.0 Å². The highest BCUT2D eigenvalue weighted by molar-refractivity contribution is 7.85. The zero-order chi connectivity index (χ0) is 22.2. The summed E-state index contributed by atoms with van der Waals surface area (Å²) in [5.74, 6) is -0.759. The highest BCUT2D eigenvalue weighted by Crippen LogP contribution is 2.32. The van der Waals surface area contributed by atoms with Gasteiger partial charge in [0.2, 0.25) is 0 Å². The Hall–Kier alpha value is -3.17. The molecule has 2 unspecified atom stereocenters. The lowest BCUT2D eigenvalue weighted by atomic mass is 10.1. The summed E-state index contributed by atoms with van der Waals surface area (Å²) in [7, 11) is -4.50. The van der Waals surface area contributed by atoms with Crippen LogP contribution in [0, 0.1) is 0 Å². The van der Waals surface area contributed by atoms with E-state index in [4.69, 9.17) is 14.7 Å². The number of carbonyl (C=O) groups excluding carboxylic acids is 1. The standard InChI is InChI=1S/C17H18N6O7S/c18-14-11-15(20-7-19-14)23(8-21-11)17-13(25)12(24)10(30-17)6-29-31(27,28)22-16(26)9-4-2-1-3-5-9/h1-5,7-8,10,12-13,17,24-25H,6H2,(H,22,26)(H2,18,19,20)/t10?,12-,13-,17?/m1/s1. The van der Waals surface area contributed by atoms with E-state index in [-0.39, 0.29) is 22.5 Å². The van der Waals surface area contributed by atoms with Crippen LogP contribution in [0.2, 0.25) is 0 Å². The first-order valence-electron chi connectivity index (χ1n) is 8.98. The number of benzene rings is 1. The quantitative estimate of drug-likeness (QED) is 0.349. The van der Waals surface area contributed by atoms with Crippen LogP contribution < -0.4 is 10.5 Å². The number of hydrogen-bond acceptors (Lipinski definition) is 11. The molecule has 4 atom stereocenters. The normalized spacial score (nSPS) is 23.8. The molecule has 4 rings (SSSR count). The molecule has 1 saturated heterocycles. The molecule has 0 bridgehead atoms. The summed E-state index contributed by atoms with van der Waals surface area (Å²) in [5.41, 5.74) is 6.39. The van der Waals surface area contributed by atoms with Gasteiger partial charge in [0.05, 0.1) is 12.9 Å². The van der Waals surface area contributed by atoms with Crippen LogP contribution in [0.1, 0.15) is 16.6 Å². The van der Waals surface area contributed by atoms with Gasteiger partial charge in [-0.1, -0.05) is 18.2 Å². The molecular formula is C17H18N6O7S. The Bertz CT molecular complexity index is 1200. The lowest BCUT2D eigenvalue weighted by Gasteiger charge is -2.16. The largest absolute Gasteiger partial charge is 0.387 e. The van der Waals surface area contributed by atoms with Gasteiger partial charge in [0.15, 0.2) is 17.7 Å². The number of ether oxygens (including phenoxy) is 1. The minimum Gasteiger partial charge on any atom is -0.387 e. The Labute approximate surface area is 175 Å². The highest BCUT2D eigenvalue weighted by Gasteiger charge is 2.45. The SMILES string of the molecule is Nc1ncnc2c1ncn2C1OC(COS(=O)(=O)NC(=O)c2ccccc2)[C@@H](O)[C@H]1O. The molecule has 14 heteroatoms. The van der Waals surface area contributed by atoms with E-state index in [0.717, 1.165) is 0 Å². The zero-order valence-electron chi connectivity index (χ0n) is 15.8. The van der Waals surface area contributed by atoms with Crippen molar-refractivity contribution in [2.75, 3.05) is 12.3 Å². The Morgan fingerprint density at radius 1 is 1.19 bits per heavy atom. The number of nitrogens with one attached hydrogen (secondary N) is 1. The van der Waals surface area contributed by atoms with Gasteiger partial charge >= 0.3 is 10.3 Å². The third-order valence-electron chi connectivity index (χ3n) is 4.64. The molecule has 13 nitrogen and oxygen atoms in total. The number of carbonyl (C=O) groups is 1. The van der Waals surface area contributed by atoms with Gasteiger partial charge < -0.3 is 20.7 Å². The van der Waals surface area contributed by atoms with Crippen molar-refractivity contribution in [2.24, 2.45) is 0 Å². The third kappa shape index (κ3) is 4.19. The molecule has 1 aliphatic heterocycles. The van der Waals surface area contributed by atoms with Crippen molar-refractivity contribution < 1.29 is 32.3 Å². The molecule has 3 heterocycles. The number of nitrogen functional groups attached to an aromatic ring is 1. The number of anilines is 1. The molecule has 1 aliphatic rings. The number of nitrogens with two attached hydrogens (primary N) is 1. The summed E-state index contributed by atoms with van der Waals surface area (Å²) in [5, 5.41) is 20.7. The second-order valence-electron chi connectivity index (χ2n) is 6.67. The van der Waals surface area contributed by atoms with E-state index in [9.17, 15) is 23.4 Å². The molecule has 0 spiro atoms. The summed E-state index contributed by atoms with van der Waals surface area (Å²) in [6.07, 6.45) is -2.78. The fourth-order valence-electron chi connectivity index (χ4n) is 3.10. The van der Waals surface area contributed by atoms with Crippen LogP contribution in [0.15, 0.2) is 43.0 Å². The van der Waals surface area contributed by atoms with Gasteiger partial charge in [0.25, 0.3) is 5.91 Å². The minimum absolute atomic E-state index is 0.121. The van der Waals surface area contributed by atoms with Crippen LogP contribution in [-0.2, 0) is 19.2 Å². The summed E-state index contributed by atoms with van der Waals surface area (Å²) < 4.78 is 37.6. The van der Waals surface area contributed by atoms with Crippen molar-refractivity contribution in [3.8, 4) is 0 Å². The van der Waals surface area contributed by atoms with Gasteiger partial charge in [0.1, 0.15) is 30.2 Å². The summed E-state index contributed by atoms with van der Waals surface area (Å²) >= 11 is 0. The first-order valence-corrected chi connectivity index (χ1v) is 10.4. The van der Waals surface area contributed by atoms with Crippen molar-refractivity contribution in [3.63, 3.8) is 0 Å². The Morgan fingerprint density at radius 3 is 2.68 bits per heavy atom. The molecule has 164 valence electrons. The maximum absolute atomic E-state index is 12.1. The number of nitrogens with zero attached hydrogens (tertiary/aromatic N) is 4. The second kappa shape index (κ2) is 8.16. The molecule has 1 fully saturated rings. The average molecular weight is 450 g/mol. The molecule has 1 amide bonds. The lowest BCUT2D eigenvalue weighted by Crippen LogP contribution is -2.37. The van der Waals surface area contributed by atoms with Crippen molar-refractivity contribution in [3.05, 3.63) is 48.5 Å². The van der Waals surface area contributed by atoms with Gasteiger partial charge in [0, 0.05) is 5.56 Å². The maximum Gasteiger partial charge on any atom is 0.362 e. The van der Waals surface area contributed by atoms with Crippen LogP contribution in [0.5, 0.6) is 0 Å². The number of aliphatic hydroxyl groups is 2. The van der Waals surface area contributed by atoms with Gasteiger partial charge in [-0.3, -0.25) is 13.5 Å². The lowest BCUT2D eigenvalue weighted by molar-refractivity contribution is -0.0468. The molecule has 2 aromatic heterocycles. The van der Waals surface area contributed by atoms with Crippen molar-refractivity contribution in [1.82, 2.24) is 24.2 Å². The molecule has 1 aromatic carbocycles. The molecule has 0 radical (unpaired) electrons. The monoisotopic (exact) mass is 450 g/mol. The number of imidazole rings is 1. The van der Waals surface area contributed by atoms with Crippen molar-refractivity contribution in [1.29, 1.82) is 0 Å². The topological polar surface area (TPSA) is 192 Å². The average Bonchev–Trinajstić information content (AvgIpc) is 3.29. The minimum atomic E-state index is -4.50. The van der Waals surface area contributed by atoms with Crippen molar-refractivity contribution >= 4 is 33.2 Å². The van der Waals surface area contributed by atoms with Crippen LogP contribution in [0.25, 0.3) is 11.2 Å². The predicted molar refractivity (Wildman–Crippen MR) is 104 cm³/mol. The Kier molecular flexibility index (Phi) is 5.55. The predicted octanol–water partition coefficient (Wildman–Crippen LogP) is -1.28. The van der Waals surface area contributed by atoms with E-state index < -0.39 is 47.4 Å². The number of aromatic nitrogens is 4. The number of aliphatic hydroxyl groups excluding tert-OH is 2. The molecular weight excluding hydrogens is 432 g/mol. The van der Waals surface area contributed by atoms with E-state index >= 15 is 0 Å². The number of amides is 1. The third-order valence-corrected chi connectivity index (χ3v) is 5.52. The van der Waals surface area contributed by atoms with Crippen LogP contribution >= 0.6 is 0 Å². The van der Waals surface area contributed by atoms with E-state index in [1.165, 1.54) is 29.4 Å². The first kappa shape index (κ1) is 21.1. The molecule has 3 aromatic rings. The van der Waals surface area contributed by atoms with E-state index in [2.05, 4.69) is 15.0 Å². The number of rotatable bonds is 6. The molecule has 0 saturated carbocycles. The van der Waals surface area contributed by atoms with Crippen LogP contribution in [0.3, 0.4) is 0 Å². The molecule has 0 aliphatic carbocycles. The molecule has 5 N–H and O–H groups in total. The Balaban J connectivity index is 1.43. The van der Waals surface area contributed by atoms with Gasteiger partial charge in [-0.25, -0.2) is 19.7 Å². The summed E-state index contributed by atoms with van der Waals surface area (Å²) in [4.78, 5) is 23.9. The summed E-state index contributed by atoms with van der Waals surface area (Å²) in [6, 6.07) is 7.69. The van der Waals surface area contributed by atoms with E-state index in [1.807, 2.05) is 0 Å². The second-order valence-corrected chi connectivity index (χ2v) is 8.01. The Morgan fingerprint density at radius 2 is 1.94 bits per heavy atom. The summed E-state index contributed by atoms with van der Waals surface area (Å²) in [6.45, 7) is -0.657.